The van der Waals surface area contributed by atoms with Gasteiger partial charge in [-0.05, 0) is 32.1 Å². The molecule has 0 amide bonds. The fraction of sp³-hybridized carbons (Fsp3) is 0.705. The maximum atomic E-state index is 12.7. The molecule has 298 valence electrons. The average molecular weight is 730 g/mol. The van der Waals surface area contributed by atoms with E-state index in [1.165, 1.54) is 64.2 Å². The number of ether oxygens (including phenoxy) is 3. The van der Waals surface area contributed by atoms with Crippen molar-refractivity contribution in [3.8, 4) is 0 Å². The van der Waals surface area contributed by atoms with E-state index in [1.54, 1.807) is 21.1 Å². The van der Waals surface area contributed by atoms with Crippen molar-refractivity contribution >= 4 is 17.9 Å². The van der Waals surface area contributed by atoms with Crippen LogP contribution in [0.15, 0.2) is 60.8 Å². The molecule has 0 fully saturated rings. The number of hydrogen-bond acceptors (Lipinski definition) is 7. The molecule has 8 heteroatoms. The number of allylic oxidation sites excluding steroid dienone is 10. The van der Waals surface area contributed by atoms with Crippen LogP contribution in [0.4, 0.5) is 0 Å². The molecule has 0 aliphatic heterocycles. The zero-order chi connectivity index (χ0) is 38.5. The monoisotopic (exact) mass is 730 g/mol. The number of esters is 2. The van der Waals surface area contributed by atoms with Gasteiger partial charge in [0, 0.05) is 19.3 Å². The lowest BCUT2D eigenvalue weighted by atomic mass is 10.0. The zero-order valence-electron chi connectivity index (χ0n) is 33.7. The van der Waals surface area contributed by atoms with E-state index in [4.69, 9.17) is 14.2 Å². The Morgan fingerprint density at radius 1 is 0.596 bits per heavy atom. The summed E-state index contributed by atoms with van der Waals surface area (Å²) in [6, 6.07) is -0.734. The van der Waals surface area contributed by atoms with Crippen molar-refractivity contribution < 1.29 is 38.2 Å². The van der Waals surface area contributed by atoms with Gasteiger partial charge >= 0.3 is 11.9 Å². The Morgan fingerprint density at radius 3 is 1.60 bits per heavy atom. The lowest BCUT2D eigenvalue weighted by Crippen LogP contribution is -2.55. The third-order valence-corrected chi connectivity index (χ3v) is 8.80. The van der Waals surface area contributed by atoms with Crippen molar-refractivity contribution in [1.82, 2.24) is 0 Å². The second-order valence-corrected chi connectivity index (χ2v) is 14.6. The predicted octanol–water partition coefficient (Wildman–Crippen LogP) is 9.30. The van der Waals surface area contributed by atoms with Crippen molar-refractivity contribution in [1.29, 1.82) is 0 Å². The van der Waals surface area contributed by atoms with Gasteiger partial charge in [-0.2, -0.15) is 0 Å². The molecule has 0 saturated carbocycles. The highest BCUT2D eigenvalue weighted by Crippen LogP contribution is 2.14. The highest BCUT2D eigenvalue weighted by Gasteiger charge is 2.25. The fourth-order valence-corrected chi connectivity index (χ4v) is 5.62. The summed E-state index contributed by atoms with van der Waals surface area (Å²) in [5, 5.41) is 11.6. The number of aliphatic carboxylic acids is 1. The maximum absolute atomic E-state index is 12.7. The van der Waals surface area contributed by atoms with Gasteiger partial charge in [0.2, 0.25) is 0 Å². The molecule has 0 N–H and O–H groups in total. The number of unbranched alkanes of at least 4 members (excludes halogenated alkanes) is 15. The molecule has 0 aromatic carbocycles. The second-order valence-electron chi connectivity index (χ2n) is 14.6. The Kier molecular flexibility index (Phi) is 33.1. The van der Waals surface area contributed by atoms with E-state index in [-0.39, 0.29) is 49.1 Å². The molecule has 0 bridgehead atoms. The first-order valence-electron chi connectivity index (χ1n) is 20.4. The van der Waals surface area contributed by atoms with Crippen LogP contribution in [0, 0.1) is 0 Å². The summed E-state index contributed by atoms with van der Waals surface area (Å²) >= 11 is 0. The summed E-state index contributed by atoms with van der Waals surface area (Å²) in [5.74, 6) is -1.80. The number of carbonyl (C=O) groups excluding carboxylic acids is 3. The van der Waals surface area contributed by atoms with Crippen LogP contribution in [0.5, 0.6) is 0 Å². The van der Waals surface area contributed by atoms with Crippen molar-refractivity contribution in [3.05, 3.63) is 60.8 Å². The third-order valence-electron chi connectivity index (χ3n) is 8.80. The van der Waals surface area contributed by atoms with Gasteiger partial charge in [-0.25, -0.2) is 0 Å². The van der Waals surface area contributed by atoms with Crippen LogP contribution in [-0.2, 0) is 28.6 Å². The second kappa shape index (κ2) is 35.1. The molecule has 52 heavy (non-hydrogen) atoms. The van der Waals surface area contributed by atoms with Gasteiger partial charge in [0.05, 0.1) is 40.3 Å². The SMILES string of the molecule is CC/C=C/C=C/C=C/C=C/C=C/CCCCCC(=O)OC(COCCC(C(=O)[O-])[N+](C)(C)C)COC(=O)CCCCCCCCCCCCCCC. The zero-order valence-corrected chi connectivity index (χ0v) is 33.7. The predicted molar refractivity (Wildman–Crippen MR) is 212 cm³/mol. The molecule has 0 aliphatic carbocycles. The summed E-state index contributed by atoms with van der Waals surface area (Å²) < 4.78 is 17.1. The normalized spacial score (nSPS) is 13.6. The lowest BCUT2D eigenvalue weighted by Gasteiger charge is -2.34. The van der Waals surface area contributed by atoms with Crippen LogP contribution < -0.4 is 5.11 Å². The van der Waals surface area contributed by atoms with Gasteiger partial charge in [-0.15, -0.1) is 0 Å². The van der Waals surface area contributed by atoms with E-state index in [0.717, 1.165) is 44.9 Å². The summed E-state index contributed by atoms with van der Waals surface area (Å²) in [5.41, 5.74) is 0. The highest BCUT2D eigenvalue weighted by molar-refractivity contribution is 5.70. The van der Waals surface area contributed by atoms with Crippen molar-refractivity contribution in [3.63, 3.8) is 0 Å². The first-order chi connectivity index (χ1) is 25.1. The van der Waals surface area contributed by atoms with E-state index in [0.29, 0.717) is 12.8 Å². The number of nitrogens with zero attached hydrogens (tertiary/aromatic N) is 1. The Morgan fingerprint density at radius 2 is 1.08 bits per heavy atom. The number of rotatable bonds is 35. The van der Waals surface area contributed by atoms with Crippen LogP contribution in [-0.4, -0.2) is 75.5 Å². The molecule has 0 spiro atoms. The standard InChI is InChI=1S/C44H75NO7/c1-6-8-10-12-14-16-18-20-21-23-25-27-29-31-33-35-43(47)52-40(38-50-37-36-41(44(48)49)45(3,4)5)39-51-42(46)34-32-30-28-26-24-22-19-17-15-13-11-9-7-2/h8,10,12,14,16,18,20-21,23,25,40-41H,6-7,9,11,13,15,17,19,22,24,26-39H2,1-5H3/b10-8+,14-12+,18-16+,21-20+,25-23+. The highest BCUT2D eigenvalue weighted by atomic mass is 16.6. The minimum Gasteiger partial charge on any atom is -0.544 e. The number of carboxylic acids is 1. The average Bonchev–Trinajstić information content (AvgIpc) is 3.09. The van der Waals surface area contributed by atoms with E-state index < -0.39 is 18.1 Å². The first-order valence-corrected chi connectivity index (χ1v) is 20.4. The quantitative estimate of drug-likeness (QED) is 0.0277. The molecule has 0 rings (SSSR count). The molecule has 0 radical (unpaired) electrons. The molecule has 0 heterocycles. The molecular formula is C44H75NO7. The Balaban J connectivity index is 4.49. The topological polar surface area (TPSA) is 102 Å². The molecule has 0 aliphatic rings. The number of likely N-dealkylation sites (N-methyl/N-ethyl adjacent to an activating group) is 1. The molecule has 0 aromatic rings. The molecule has 8 nitrogen and oxygen atoms in total. The Hall–Kier alpha value is -2.97. The van der Waals surface area contributed by atoms with Crippen LogP contribution >= 0.6 is 0 Å². The van der Waals surface area contributed by atoms with Crippen molar-refractivity contribution in [2.45, 2.75) is 161 Å². The molecule has 0 aromatic heterocycles. The summed E-state index contributed by atoms with van der Waals surface area (Å²) in [7, 11) is 5.38. The number of quaternary nitrogens is 1. The van der Waals surface area contributed by atoms with E-state index >= 15 is 0 Å². The van der Waals surface area contributed by atoms with Crippen LogP contribution in [0.2, 0.25) is 0 Å². The summed E-state index contributed by atoms with van der Waals surface area (Å²) in [4.78, 5) is 36.7. The first kappa shape index (κ1) is 49.0. The third kappa shape index (κ3) is 32.9. The van der Waals surface area contributed by atoms with Gasteiger partial charge in [0.15, 0.2) is 6.10 Å². The van der Waals surface area contributed by atoms with Gasteiger partial charge < -0.3 is 28.6 Å². The molecule has 2 unspecified atom stereocenters. The van der Waals surface area contributed by atoms with E-state index in [1.807, 2.05) is 48.6 Å². The number of carbonyl (C=O) groups is 3. The van der Waals surface area contributed by atoms with Crippen LogP contribution in [0.3, 0.4) is 0 Å². The van der Waals surface area contributed by atoms with Crippen LogP contribution in [0.1, 0.15) is 149 Å². The summed E-state index contributed by atoms with van der Waals surface area (Å²) in [6.07, 6.45) is 41.0. The van der Waals surface area contributed by atoms with Crippen LogP contribution in [0.25, 0.3) is 0 Å². The smallest absolute Gasteiger partial charge is 0.306 e. The van der Waals surface area contributed by atoms with Crippen molar-refractivity contribution in [2.24, 2.45) is 0 Å². The lowest BCUT2D eigenvalue weighted by molar-refractivity contribution is -0.889. The Bertz CT molecular complexity index is 1040. The number of hydrogen-bond donors (Lipinski definition) is 0. The fourth-order valence-electron chi connectivity index (χ4n) is 5.62. The molecule has 0 saturated heterocycles. The maximum Gasteiger partial charge on any atom is 0.306 e. The molecular weight excluding hydrogens is 654 g/mol. The van der Waals surface area contributed by atoms with Gasteiger partial charge in [-0.3, -0.25) is 9.59 Å². The minimum atomic E-state index is -1.13. The molecule has 2 atom stereocenters. The van der Waals surface area contributed by atoms with Gasteiger partial charge in [0.25, 0.3) is 0 Å². The van der Waals surface area contributed by atoms with Gasteiger partial charge in [-0.1, -0.05) is 158 Å². The Labute approximate surface area is 318 Å². The van der Waals surface area contributed by atoms with Gasteiger partial charge in [0.1, 0.15) is 12.6 Å². The largest absolute Gasteiger partial charge is 0.544 e. The van der Waals surface area contributed by atoms with Crippen molar-refractivity contribution in [2.75, 3.05) is 41.0 Å². The van der Waals surface area contributed by atoms with E-state index in [9.17, 15) is 19.5 Å². The number of carboxylic acid groups (broad SMARTS) is 1. The summed E-state index contributed by atoms with van der Waals surface area (Å²) in [6.45, 7) is 4.45. The minimum absolute atomic E-state index is 0.0222. The van der Waals surface area contributed by atoms with E-state index in [2.05, 4.69) is 26.0 Å².